The normalized spacial score (nSPS) is 26.4. The molecule has 3 unspecified atom stereocenters. The summed E-state index contributed by atoms with van der Waals surface area (Å²) in [5.74, 6) is 0.862. The van der Waals surface area contributed by atoms with Gasteiger partial charge >= 0.3 is 0 Å². The third kappa shape index (κ3) is 6.47. The van der Waals surface area contributed by atoms with Crippen molar-refractivity contribution in [3.63, 3.8) is 0 Å². The zero-order chi connectivity index (χ0) is 19.8. The lowest BCUT2D eigenvalue weighted by Gasteiger charge is -2.35. The SMILES string of the molecule is CCNC(=NCc1ccccc1CN1CC(C)OC(C)C1)NCC1CCCO1. The number of hydrogen-bond donors (Lipinski definition) is 2. The minimum atomic E-state index is 0.288. The second-order valence-corrected chi connectivity index (χ2v) is 7.93. The maximum absolute atomic E-state index is 5.87. The van der Waals surface area contributed by atoms with Gasteiger partial charge in [-0.3, -0.25) is 4.90 Å². The van der Waals surface area contributed by atoms with Gasteiger partial charge in [0, 0.05) is 39.3 Å². The van der Waals surface area contributed by atoms with Crippen LogP contribution >= 0.6 is 0 Å². The van der Waals surface area contributed by atoms with Gasteiger partial charge in [-0.25, -0.2) is 4.99 Å². The summed E-state index contributed by atoms with van der Waals surface area (Å²) >= 11 is 0. The Hall–Kier alpha value is -1.63. The Bertz CT molecular complexity index is 621. The number of nitrogens with zero attached hydrogens (tertiary/aromatic N) is 2. The van der Waals surface area contributed by atoms with Gasteiger partial charge in [-0.05, 0) is 44.7 Å². The van der Waals surface area contributed by atoms with Crippen LogP contribution in [0.2, 0.25) is 0 Å². The van der Waals surface area contributed by atoms with E-state index >= 15 is 0 Å². The molecule has 1 aromatic rings. The Morgan fingerprint density at radius 3 is 2.57 bits per heavy atom. The monoisotopic (exact) mass is 388 g/mol. The van der Waals surface area contributed by atoms with E-state index < -0.39 is 0 Å². The van der Waals surface area contributed by atoms with Crippen molar-refractivity contribution in [2.24, 2.45) is 4.99 Å². The number of benzene rings is 1. The summed E-state index contributed by atoms with van der Waals surface area (Å²) in [6.07, 6.45) is 3.17. The number of morpholine rings is 1. The molecule has 2 N–H and O–H groups in total. The molecule has 0 radical (unpaired) electrons. The average Bonchev–Trinajstić information content (AvgIpc) is 3.18. The van der Waals surface area contributed by atoms with Crippen molar-refractivity contribution in [2.75, 3.05) is 32.8 Å². The quantitative estimate of drug-likeness (QED) is 0.555. The molecule has 1 aromatic carbocycles. The van der Waals surface area contributed by atoms with Crippen LogP contribution in [-0.2, 0) is 22.6 Å². The summed E-state index contributed by atoms with van der Waals surface area (Å²) in [6, 6.07) is 8.64. The highest BCUT2D eigenvalue weighted by Crippen LogP contribution is 2.17. The molecule has 6 nitrogen and oxygen atoms in total. The first-order valence-electron chi connectivity index (χ1n) is 10.7. The summed E-state index contributed by atoms with van der Waals surface area (Å²) in [5.41, 5.74) is 2.63. The Labute approximate surface area is 169 Å². The average molecular weight is 389 g/mol. The van der Waals surface area contributed by atoms with E-state index in [4.69, 9.17) is 14.5 Å². The number of aliphatic imine (C=N–C) groups is 1. The van der Waals surface area contributed by atoms with Gasteiger partial charge in [-0.1, -0.05) is 24.3 Å². The van der Waals surface area contributed by atoms with Gasteiger partial charge in [0.25, 0.3) is 0 Å². The molecule has 0 aromatic heterocycles. The molecule has 0 saturated carbocycles. The summed E-state index contributed by atoms with van der Waals surface area (Å²) < 4.78 is 11.6. The lowest BCUT2D eigenvalue weighted by atomic mass is 10.1. The number of nitrogens with one attached hydrogen (secondary N) is 2. The van der Waals surface area contributed by atoms with Crippen LogP contribution in [-0.4, -0.2) is 62.0 Å². The van der Waals surface area contributed by atoms with E-state index in [2.05, 4.69) is 60.6 Å². The van der Waals surface area contributed by atoms with Crippen molar-refractivity contribution in [2.45, 2.75) is 65.0 Å². The molecule has 0 aliphatic carbocycles. The van der Waals surface area contributed by atoms with E-state index in [1.807, 2.05) is 0 Å². The second kappa shape index (κ2) is 10.8. The fourth-order valence-corrected chi connectivity index (χ4v) is 4.04. The van der Waals surface area contributed by atoms with Crippen molar-refractivity contribution >= 4 is 5.96 Å². The standard InChI is InChI=1S/C22H36N4O2/c1-4-23-22(25-13-21-10-7-11-27-21)24-12-19-8-5-6-9-20(19)16-26-14-17(2)28-18(3)15-26/h5-6,8-9,17-18,21H,4,7,10-16H2,1-3H3,(H2,23,24,25). The van der Waals surface area contributed by atoms with E-state index in [9.17, 15) is 0 Å². The van der Waals surface area contributed by atoms with E-state index in [-0.39, 0.29) is 12.2 Å². The third-order valence-corrected chi connectivity index (χ3v) is 5.28. The maximum Gasteiger partial charge on any atom is 0.191 e. The third-order valence-electron chi connectivity index (χ3n) is 5.28. The maximum atomic E-state index is 5.87. The molecule has 3 rings (SSSR count). The molecule has 2 fully saturated rings. The van der Waals surface area contributed by atoms with Crippen LogP contribution in [0.5, 0.6) is 0 Å². The molecule has 2 aliphatic heterocycles. The van der Waals surface area contributed by atoms with Crippen LogP contribution in [0.15, 0.2) is 29.3 Å². The summed E-state index contributed by atoms with van der Waals surface area (Å²) in [7, 11) is 0. The van der Waals surface area contributed by atoms with Crippen LogP contribution in [0.3, 0.4) is 0 Å². The van der Waals surface area contributed by atoms with Gasteiger partial charge in [0.1, 0.15) is 0 Å². The summed E-state index contributed by atoms with van der Waals surface area (Å²) in [6.45, 7) is 12.5. The smallest absolute Gasteiger partial charge is 0.191 e. The van der Waals surface area contributed by atoms with Crippen LogP contribution < -0.4 is 10.6 Å². The van der Waals surface area contributed by atoms with E-state index in [0.29, 0.717) is 12.6 Å². The fourth-order valence-electron chi connectivity index (χ4n) is 4.04. The van der Waals surface area contributed by atoms with Crippen LogP contribution in [0.25, 0.3) is 0 Å². The predicted molar refractivity (Wildman–Crippen MR) is 114 cm³/mol. The van der Waals surface area contributed by atoms with Crippen molar-refractivity contribution < 1.29 is 9.47 Å². The Kier molecular flexibility index (Phi) is 8.13. The first-order valence-corrected chi connectivity index (χ1v) is 10.7. The van der Waals surface area contributed by atoms with Gasteiger partial charge in [0.15, 0.2) is 5.96 Å². The van der Waals surface area contributed by atoms with Gasteiger partial charge < -0.3 is 20.1 Å². The zero-order valence-corrected chi connectivity index (χ0v) is 17.6. The van der Waals surface area contributed by atoms with Gasteiger partial charge in [0.2, 0.25) is 0 Å². The van der Waals surface area contributed by atoms with Crippen molar-refractivity contribution in [3.8, 4) is 0 Å². The Morgan fingerprint density at radius 2 is 1.89 bits per heavy atom. The van der Waals surface area contributed by atoms with Crippen molar-refractivity contribution in [3.05, 3.63) is 35.4 Å². The van der Waals surface area contributed by atoms with E-state index in [0.717, 1.165) is 58.1 Å². The minimum Gasteiger partial charge on any atom is -0.376 e. The Balaban J connectivity index is 1.61. The molecular weight excluding hydrogens is 352 g/mol. The molecule has 0 spiro atoms. The van der Waals surface area contributed by atoms with E-state index in [1.165, 1.54) is 11.1 Å². The van der Waals surface area contributed by atoms with Crippen molar-refractivity contribution in [1.29, 1.82) is 0 Å². The summed E-state index contributed by atoms with van der Waals surface area (Å²) in [5, 5.41) is 6.78. The highest BCUT2D eigenvalue weighted by atomic mass is 16.5. The number of guanidine groups is 1. The lowest BCUT2D eigenvalue weighted by molar-refractivity contribution is -0.0705. The molecule has 0 bridgehead atoms. The molecule has 2 saturated heterocycles. The van der Waals surface area contributed by atoms with E-state index in [1.54, 1.807) is 0 Å². The highest BCUT2D eigenvalue weighted by Gasteiger charge is 2.22. The van der Waals surface area contributed by atoms with Gasteiger partial charge in [-0.2, -0.15) is 0 Å². The van der Waals surface area contributed by atoms with Gasteiger partial charge in [-0.15, -0.1) is 0 Å². The number of ether oxygens (including phenoxy) is 2. The molecule has 6 heteroatoms. The minimum absolute atomic E-state index is 0.288. The van der Waals surface area contributed by atoms with Crippen LogP contribution in [0.4, 0.5) is 0 Å². The van der Waals surface area contributed by atoms with Crippen molar-refractivity contribution in [1.82, 2.24) is 15.5 Å². The number of rotatable bonds is 7. The number of hydrogen-bond acceptors (Lipinski definition) is 4. The molecule has 3 atom stereocenters. The second-order valence-electron chi connectivity index (χ2n) is 7.93. The molecular formula is C22H36N4O2. The van der Waals surface area contributed by atoms with Crippen LogP contribution in [0.1, 0.15) is 44.7 Å². The van der Waals surface area contributed by atoms with Crippen LogP contribution in [0, 0.1) is 0 Å². The first kappa shape index (κ1) is 21.1. The van der Waals surface area contributed by atoms with Gasteiger partial charge in [0.05, 0.1) is 24.9 Å². The molecule has 2 aliphatic rings. The predicted octanol–water partition coefficient (Wildman–Crippen LogP) is 2.53. The Morgan fingerprint density at radius 1 is 1.14 bits per heavy atom. The molecule has 28 heavy (non-hydrogen) atoms. The zero-order valence-electron chi connectivity index (χ0n) is 17.6. The molecule has 2 heterocycles. The first-order chi connectivity index (χ1) is 13.6. The fraction of sp³-hybridized carbons (Fsp3) is 0.682. The largest absolute Gasteiger partial charge is 0.376 e. The lowest BCUT2D eigenvalue weighted by Crippen LogP contribution is -2.44. The topological polar surface area (TPSA) is 58.1 Å². The molecule has 156 valence electrons. The summed E-state index contributed by atoms with van der Waals surface area (Å²) in [4.78, 5) is 7.31. The molecule has 0 amide bonds. The highest BCUT2D eigenvalue weighted by molar-refractivity contribution is 5.79.